The van der Waals surface area contributed by atoms with Crippen LogP contribution in [0.1, 0.15) is 6.23 Å². The molecule has 1 saturated heterocycles. The van der Waals surface area contributed by atoms with Gasteiger partial charge in [-0.15, -0.1) is 0 Å². The van der Waals surface area contributed by atoms with Crippen LogP contribution in [-0.2, 0) is 19.1 Å². The molecule has 1 aromatic carbocycles. The zero-order valence-corrected chi connectivity index (χ0v) is 19.2. The van der Waals surface area contributed by atoms with E-state index in [4.69, 9.17) is 15.2 Å². The number of aliphatic hydroxyl groups is 2. The number of aromatic nitrogens is 5. The Morgan fingerprint density at radius 3 is 2.78 bits per heavy atom. The number of carbonyl (C=O) groups excluding carboxylic acids is 2. The first-order valence-electron chi connectivity index (χ1n) is 11.2. The van der Waals surface area contributed by atoms with E-state index < -0.39 is 43.0 Å². The van der Waals surface area contributed by atoms with Crippen molar-refractivity contribution in [3.63, 3.8) is 0 Å². The fraction of sp³-hybridized carbons (Fsp3) is 0.318. The highest BCUT2D eigenvalue weighted by atomic mass is 16.6. The lowest BCUT2D eigenvalue weighted by molar-refractivity contribution is -0.129. The molecule has 15 nitrogen and oxygen atoms in total. The van der Waals surface area contributed by atoms with Crippen molar-refractivity contribution in [2.45, 2.75) is 24.5 Å². The van der Waals surface area contributed by atoms with Crippen molar-refractivity contribution < 1.29 is 34.4 Å². The van der Waals surface area contributed by atoms with Gasteiger partial charge in [0.15, 0.2) is 23.6 Å². The molecule has 15 heteroatoms. The summed E-state index contributed by atoms with van der Waals surface area (Å²) in [6.07, 6.45) is -0.378. The number of anilines is 2. The zero-order valence-electron chi connectivity index (χ0n) is 19.2. The van der Waals surface area contributed by atoms with E-state index in [2.05, 4.69) is 30.6 Å². The van der Waals surface area contributed by atoms with Gasteiger partial charge in [0, 0.05) is 23.5 Å². The van der Waals surface area contributed by atoms with Gasteiger partial charge in [0.05, 0.1) is 12.0 Å². The van der Waals surface area contributed by atoms with E-state index in [-0.39, 0.29) is 24.8 Å². The molecule has 4 aromatic rings. The van der Waals surface area contributed by atoms with Crippen LogP contribution in [0.25, 0.3) is 21.9 Å². The lowest BCUT2D eigenvalue weighted by atomic mass is 10.1. The normalized spacial score (nSPS) is 21.5. The van der Waals surface area contributed by atoms with Crippen LogP contribution in [0.2, 0.25) is 0 Å². The summed E-state index contributed by atoms with van der Waals surface area (Å²) in [5, 5.41) is 37.0. The monoisotopic (exact) mass is 512 g/mol. The molecule has 0 radical (unpaired) electrons. The zero-order chi connectivity index (χ0) is 26.1. The van der Waals surface area contributed by atoms with Gasteiger partial charge < -0.3 is 46.1 Å². The fourth-order valence-corrected chi connectivity index (χ4v) is 4.13. The summed E-state index contributed by atoms with van der Waals surface area (Å²) < 4.78 is 12.4. The number of rotatable bonds is 8. The largest absolute Gasteiger partial charge is 0.494 e. The molecule has 0 saturated carbocycles. The quantitative estimate of drug-likeness (QED) is 0.151. The Kier molecular flexibility index (Phi) is 6.58. The van der Waals surface area contributed by atoms with Crippen molar-refractivity contribution in [3.8, 4) is 5.88 Å². The molecule has 0 aliphatic carbocycles. The van der Waals surface area contributed by atoms with Crippen molar-refractivity contribution in [2.24, 2.45) is 0 Å². The highest BCUT2D eigenvalue weighted by molar-refractivity contribution is 6.04. The van der Waals surface area contributed by atoms with E-state index in [1.54, 1.807) is 24.4 Å². The average molecular weight is 512 g/mol. The minimum absolute atomic E-state index is 0.00809. The van der Waals surface area contributed by atoms with Gasteiger partial charge in [-0.3, -0.25) is 14.2 Å². The van der Waals surface area contributed by atoms with Gasteiger partial charge in [0.1, 0.15) is 43.4 Å². The minimum Gasteiger partial charge on any atom is -0.494 e. The molecular formula is C22H24N8O7. The lowest BCUT2D eigenvalue weighted by Crippen LogP contribution is -2.41. The molecule has 194 valence electrons. The Labute approximate surface area is 208 Å². The topological polar surface area (TPSA) is 223 Å². The van der Waals surface area contributed by atoms with Crippen LogP contribution in [0.4, 0.5) is 11.5 Å². The highest BCUT2D eigenvalue weighted by Crippen LogP contribution is 2.32. The number of benzene rings is 1. The maximum Gasteiger partial charge on any atom is 0.250 e. The maximum atomic E-state index is 12.2. The summed E-state index contributed by atoms with van der Waals surface area (Å²) >= 11 is 0. The molecule has 4 heterocycles. The Hall–Kier alpha value is -4.31. The molecule has 0 bridgehead atoms. The number of fused-ring (bicyclic) bond motifs is 2. The molecule has 1 fully saturated rings. The minimum atomic E-state index is -1.32. The number of imidazole rings is 1. The number of amides is 2. The second kappa shape index (κ2) is 9.98. The fourth-order valence-electron chi connectivity index (χ4n) is 4.13. The number of aromatic amines is 1. The summed E-state index contributed by atoms with van der Waals surface area (Å²) in [5.41, 5.74) is 6.91. The maximum absolute atomic E-state index is 12.2. The predicted octanol–water partition coefficient (Wildman–Crippen LogP) is -1.01. The van der Waals surface area contributed by atoms with Gasteiger partial charge in [-0.1, -0.05) is 6.07 Å². The van der Waals surface area contributed by atoms with Crippen molar-refractivity contribution in [2.75, 3.05) is 30.8 Å². The van der Waals surface area contributed by atoms with Crippen molar-refractivity contribution >= 4 is 45.3 Å². The Morgan fingerprint density at radius 1 is 1.14 bits per heavy atom. The SMILES string of the molecule is Nc1ncnc2c1ncn2C1OC(CNC(=O)COCC(=O)Nc2cccc3c(O)[nH]cc23)C(O)C1O. The number of carbonyl (C=O) groups is 2. The van der Waals surface area contributed by atoms with Crippen molar-refractivity contribution in [3.05, 3.63) is 37.1 Å². The highest BCUT2D eigenvalue weighted by Gasteiger charge is 2.44. The van der Waals surface area contributed by atoms with Crippen LogP contribution in [-0.4, -0.2) is 89.7 Å². The number of ether oxygens (including phenoxy) is 2. The summed E-state index contributed by atoms with van der Waals surface area (Å²) in [6.45, 7) is -0.923. The van der Waals surface area contributed by atoms with E-state index in [1.807, 2.05) is 0 Å². The third-order valence-corrected chi connectivity index (χ3v) is 5.95. The number of aromatic hydroxyl groups is 1. The van der Waals surface area contributed by atoms with Gasteiger partial charge in [-0.2, -0.15) is 0 Å². The van der Waals surface area contributed by atoms with Crippen molar-refractivity contribution in [1.82, 2.24) is 29.8 Å². The standard InChI is InChI=1S/C22H24N8O7/c23-19-16-20(27-8-26-19)30(9-28-16)22-18(34)17(33)13(37-22)5-24-14(31)6-36-7-15(32)29-12-3-1-2-10-11(12)4-25-21(10)35/h1-4,8-9,13,17-18,22,25,33-35H,5-7H2,(H,24,31)(H,29,32)(H2,23,26,27). The Bertz CT molecular complexity index is 1450. The molecule has 8 N–H and O–H groups in total. The number of hydrogen-bond donors (Lipinski definition) is 7. The summed E-state index contributed by atoms with van der Waals surface area (Å²) in [4.78, 5) is 39.1. The molecule has 37 heavy (non-hydrogen) atoms. The first-order valence-corrected chi connectivity index (χ1v) is 11.2. The molecule has 1 aliphatic heterocycles. The number of nitrogens with one attached hydrogen (secondary N) is 3. The lowest BCUT2D eigenvalue weighted by Gasteiger charge is -2.16. The number of nitrogens with zero attached hydrogens (tertiary/aromatic N) is 4. The van der Waals surface area contributed by atoms with Gasteiger partial charge in [0.2, 0.25) is 11.8 Å². The first-order chi connectivity index (χ1) is 17.8. The number of nitrogens with two attached hydrogens (primary N) is 1. The summed E-state index contributed by atoms with van der Waals surface area (Å²) in [7, 11) is 0. The van der Waals surface area contributed by atoms with Crippen LogP contribution in [0.15, 0.2) is 37.1 Å². The Morgan fingerprint density at radius 2 is 1.95 bits per heavy atom. The predicted molar refractivity (Wildman–Crippen MR) is 128 cm³/mol. The van der Waals surface area contributed by atoms with Crippen LogP contribution in [0.3, 0.4) is 0 Å². The van der Waals surface area contributed by atoms with Gasteiger partial charge in [0.25, 0.3) is 0 Å². The van der Waals surface area contributed by atoms with E-state index >= 15 is 0 Å². The van der Waals surface area contributed by atoms with Gasteiger partial charge in [-0.05, 0) is 12.1 Å². The number of H-pyrrole nitrogens is 1. The molecule has 3 aromatic heterocycles. The molecule has 4 unspecified atom stereocenters. The van der Waals surface area contributed by atoms with Crippen molar-refractivity contribution in [1.29, 1.82) is 0 Å². The van der Waals surface area contributed by atoms with Crippen LogP contribution < -0.4 is 16.4 Å². The average Bonchev–Trinajstić information content (AvgIpc) is 3.56. The summed E-state index contributed by atoms with van der Waals surface area (Å²) in [6, 6.07) is 5.05. The Balaban J connectivity index is 1.09. The van der Waals surface area contributed by atoms with Gasteiger partial charge in [-0.25, -0.2) is 15.0 Å². The molecule has 4 atom stereocenters. The molecule has 1 aliphatic rings. The molecular weight excluding hydrogens is 488 g/mol. The van der Waals surface area contributed by atoms with E-state index in [0.717, 1.165) is 0 Å². The third kappa shape index (κ3) is 4.75. The van der Waals surface area contributed by atoms with Crippen LogP contribution in [0.5, 0.6) is 5.88 Å². The van der Waals surface area contributed by atoms with E-state index in [1.165, 1.54) is 17.2 Å². The van der Waals surface area contributed by atoms with Crippen LogP contribution >= 0.6 is 0 Å². The van der Waals surface area contributed by atoms with E-state index in [0.29, 0.717) is 27.6 Å². The molecule has 2 amide bonds. The molecule has 0 spiro atoms. The third-order valence-electron chi connectivity index (χ3n) is 5.95. The first kappa shape index (κ1) is 24.4. The number of hydrogen-bond acceptors (Lipinski definition) is 11. The number of nitrogen functional groups attached to an aromatic ring is 1. The smallest absolute Gasteiger partial charge is 0.250 e. The number of aliphatic hydroxyl groups excluding tert-OH is 2. The molecule has 5 rings (SSSR count). The van der Waals surface area contributed by atoms with Gasteiger partial charge >= 0.3 is 0 Å². The summed E-state index contributed by atoms with van der Waals surface area (Å²) in [5.74, 6) is -0.882. The van der Waals surface area contributed by atoms with Crippen LogP contribution in [0, 0.1) is 0 Å². The van der Waals surface area contributed by atoms with E-state index in [9.17, 15) is 24.9 Å². The second-order valence-corrected chi connectivity index (χ2v) is 8.38. The second-order valence-electron chi connectivity index (χ2n) is 8.38.